The van der Waals surface area contributed by atoms with Gasteiger partial charge in [-0.1, -0.05) is 12.5 Å². The lowest BCUT2D eigenvalue weighted by molar-refractivity contribution is 0.105. The SMILES string of the molecule is CCC1=CC(N2CCC(OC)C2)N=CC1. The van der Waals surface area contributed by atoms with E-state index in [1.165, 1.54) is 5.57 Å². The third-order valence-electron chi connectivity index (χ3n) is 3.33. The van der Waals surface area contributed by atoms with Crippen LogP contribution in [0.4, 0.5) is 0 Å². The summed E-state index contributed by atoms with van der Waals surface area (Å²) in [5.74, 6) is 0. The average Bonchev–Trinajstić information content (AvgIpc) is 2.78. The van der Waals surface area contributed by atoms with Gasteiger partial charge in [0.1, 0.15) is 6.17 Å². The van der Waals surface area contributed by atoms with Crippen LogP contribution in [0.2, 0.25) is 0 Å². The van der Waals surface area contributed by atoms with Gasteiger partial charge in [0, 0.05) is 32.8 Å². The molecule has 15 heavy (non-hydrogen) atoms. The zero-order valence-electron chi connectivity index (χ0n) is 9.65. The lowest BCUT2D eigenvalue weighted by Crippen LogP contribution is -2.33. The highest BCUT2D eigenvalue weighted by atomic mass is 16.5. The van der Waals surface area contributed by atoms with Gasteiger partial charge in [0.2, 0.25) is 0 Å². The van der Waals surface area contributed by atoms with Crippen molar-refractivity contribution in [3.05, 3.63) is 11.6 Å². The van der Waals surface area contributed by atoms with Gasteiger partial charge >= 0.3 is 0 Å². The van der Waals surface area contributed by atoms with Crippen LogP contribution in [0.1, 0.15) is 26.2 Å². The van der Waals surface area contributed by atoms with Crippen molar-refractivity contribution in [2.45, 2.75) is 38.5 Å². The lowest BCUT2D eigenvalue weighted by atomic mass is 10.1. The third-order valence-corrected chi connectivity index (χ3v) is 3.33. The Labute approximate surface area is 91.8 Å². The summed E-state index contributed by atoms with van der Waals surface area (Å²) in [7, 11) is 1.80. The number of hydrogen-bond donors (Lipinski definition) is 0. The van der Waals surface area contributed by atoms with E-state index < -0.39 is 0 Å². The molecule has 1 fully saturated rings. The van der Waals surface area contributed by atoms with Crippen molar-refractivity contribution in [1.82, 2.24) is 4.90 Å². The molecule has 2 aliphatic heterocycles. The highest BCUT2D eigenvalue weighted by molar-refractivity contribution is 5.63. The van der Waals surface area contributed by atoms with Crippen LogP contribution in [0.25, 0.3) is 0 Å². The number of likely N-dealkylation sites (tertiary alicyclic amines) is 1. The van der Waals surface area contributed by atoms with E-state index in [0.29, 0.717) is 6.10 Å². The van der Waals surface area contributed by atoms with Gasteiger partial charge < -0.3 is 4.74 Å². The molecule has 84 valence electrons. The van der Waals surface area contributed by atoms with Crippen LogP contribution in [0, 0.1) is 0 Å². The van der Waals surface area contributed by atoms with Crippen LogP contribution in [0.5, 0.6) is 0 Å². The zero-order chi connectivity index (χ0) is 10.7. The second-order valence-electron chi connectivity index (χ2n) is 4.27. The van der Waals surface area contributed by atoms with E-state index in [2.05, 4.69) is 29.1 Å². The molecule has 0 aliphatic carbocycles. The fraction of sp³-hybridized carbons (Fsp3) is 0.750. The second kappa shape index (κ2) is 4.90. The van der Waals surface area contributed by atoms with Gasteiger partial charge in [-0.15, -0.1) is 0 Å². The van der Waals surface area contributed by atoms with E-state index in [0.717, 1.165) is 32.4 Å². The Kier molecular flexibility index (Phi) is 3.54. The molecule has 2 heterocycles. The fourth-order valence-corrected chi connectivity index (χ4v) is 2.25. The molecule has 0 amide bonds. The molecule has 0 N–H and O–H groups in total. The molecule has 1 saturated heterocycles. The highest BCUT2D eigenvalue weighted by Crippen LogP contribution is 2.21. The maximum Gasteiger partial charge on any atom is 0.121 e. The number of aliphatic imine (C=N–C) groups is 1. The molecule has 2 unspecified atom stereocenters. The first-order valence-electron chi connectivity index (χ1n) is 5.81. The molecular weight excluding hydrogens is 188 g/mol. The fourth-order valence-electron chi connectivity index (χ4n) is 2.25. The van der Waals surface area contributed by atoms with Crippen LogP contribution in [0.15, 0.2) is 16.6 Å². The van der Waals surface area contributed by atoms with E-state index in [1.54, 1.807) is 7.11 Å². The molecule has 0 radical (unpaired) electrons. The Morgan fingerprint density at radius 3 is 3.13 bits per heavy atom. The summed E-state index contributed by atoms with van der Waals surface area (Å²) >= 11 is 0. The van der Waals surface area contributed by atoms with Crippen molar-refractivity contribution in [3.63, 3.8) is 0 Å². The maximum absolute atomic E-state index is 5.37. The first-order valence-corrected chi connectivity index (χ1v) is 5.81. The molecule has 3 nitrogen and oxygen atoms in total. The Balaban J connectivity index is 1.96. The number of methoxy groups -OCH3 is 1. The van der Waals surface area contributed by atoms with Crippen LogP contribution in [-0.4, -0.2) is 43.6 Å². The summed E-state index contributed by atoms with van der Waals surface area (Å²) in [6, 6.07) is 0. The number of allylic oxidation sites excluding steroid dienone is 1. The van der Waals surface area contributed by atoms with Gasteiger partial charge in [0.05, 0.1) is 6.10 Å². The van der Waals surface area contributed by atoms with Crippen molar-refractivity contribution in [2.75, 3.05) is 20.2 Å². The summed E-state index contributed by atoms with van der Waals surface area (Å²) < 4.78 is 5.37. The van der Waals surface area contributed by atoms with E-state index >= 15 is 0 Å². The molecule has 0 aromatic carbocycles. The number of dihydropyridines is 1. The summed E-state index contributed by atoms with van der Waals surface area (Å²) in [4.78, 5) is 6.95. The Bertz CT molecular complexity index is 273. The third kappa shape index (κ3) is 2.47. The molecule has 0 spiro atoms. The average molecular weight is 208 g/mol. The van der Waals surface area contributed by atoms with E-state index in [-0.39, 0.29) is 6.17 Å². The van der Waals surface area contributed by atoms with Gasteiger partial charge in [-0.3, -0.25) is 9.89 Å². The van der Waals surface area contributed by atoms with Gasteiger partial charge in [-0.25, -0.2) is 0 Å². The van der Waals surface area contributed by atoms with Crippen molar-refractivity contribution in [3.8, 4) is 0 Å². The normalized spacial score (nSPS) is 32.0. The molecular formula is C12H20N2O. The van der Waals surface area contributed by atoms with E-state index in [1.807, 2.05) is 0 Å². The summed E-state index contributed by atoms with van der Waals surface area (Å²) in [6.07, 6.45) is 8.37. The maximum atomic E-state index is 5.37. The number of hydrogen-bond acceptors (Lipinski definition) is 3. The number of nitrogens with zero attached hydrogens (tertiary/aromatic N) is 2. The molecule has 2 rings (SSSR count). The van der Waals surface area contributed by atoms with Crippen molar-refractivity contribution >= 4 is 6.21 Å². The van der Waals surface area contributed by atoms with Crippen molar-refractivity contribution in [1.29, 1.82) is 0 Å². The van der Waals surface area contributed by atoms with Crippen LogP contribution in [0.3, 0.4) is 0 Å². The van der Waals surface area contributed by atoms with Crippen LogP contribution in [-0.2, 0) is 4.74 Å². The Morgan fingerprint density at radius 1 is 1.60 bits per heavy atom. The number of rotatable bonds is 3. The second-order valence-corrected chi connectivity index (χ2v) is 4.27. The lowest BCUT2D eigenvalue weighted by Gasteiger charge is -2.24. The largest absolute Gasteiger partial charge is 0.380 e. The molecule has 0 bridgehead atoms. The van der Waals surface area contributed by atoms with Gasteiger partial charge in [0.25, 0.3) is 0 Å². The predicted molar refractivity (Wildman–Crippen MR) is 62.3 cm³/mol. The topological polar surface area (TPSA) is 24.8 Å². The van der Waals surface area contributed by atoms with Crippen molar-refractivity contribution < 1.29 is 4.74 Å². The minimum atomic E-state index is 0.272. The van der Waals surface area contributed by atoms with E-state index in [4.69, 9.17) is 4.74 Å². The zero-order valence-corrected chi connectivity index (χ0v) is 9.65. The summed E-state index contributed by atoms with van der Waals surface area (Å²) in [6.45, 7) is 4.34. The van der Waals surface area contributed by atoms with Crippen molar-refractivity contribution in [2.24, 2.45) is 4.99 Å². The number of ether oxygens (including phenoxy) is 1. The first-order chi connectivity index (χ1) is 7.33. The van der Waals surface area contributed by atoms with E-state index in [9.17, 15) is 0 Å². The summed E-state index contributed by atoms with van der Waals surface area (Å²) in [5.41, 5.74) is 1.51. The molecule has 2 aliphatic rings. The monoisotopic (exact) mass is 208 g/mol. The minimum absolute atomic E-state index is 0.272. The Hall–Kier alpha value is -0.670. The molecule has 0 aromatic rings. The minimum Gasteiger partial charge on any atom is -0.380 e. The Morgan fingerprint density at radius 2 is 2.47 bits per heavy atom. The van der Waals surface area contributed by atoms with Gasteiger partial charge in [0.15, 0.2) is 0 Å². The van der Waals surface area contributed by atoms with Crippen LogP contribution < -0.4 is 0 Å². The molecule has 0 saturated carbocycles. The quantitative estimate of drug-likeness (QED) is 0.661. The van der Waals surface area contributed by atoms with Gasteiger partial charge in [-0.2, -0.15) is 0 Å². The molecule has 0 aromatic heterocycles. The predicted octanol–water partition coefficient (Wildman–Crippen LogP) is 1.84. The summed E-state index contributed by atoms with van der Waals surface area (Å²) in [5, 5.41) is 0. The smallest absolute Gasteiger partial charge is 0.121 e. The molecule has 2 atom stereocenters. The molecule has 3 heteroatoms. The standard InChI is InChI=1S/C12H20N2O/c1-3-10-4-6-13-12(8-10)14-7-5-11(9-14)15-2/h6,8,11-12H,3-5,7,9H2,1-2H3. The van der Waals surface area contributed by atoms with Crippen LogP contribution >= 0.6 is 0 Å². The first kappa shape index (κ1) is 10.8. The highest BCUT2D eigenvalue weighted by Gasteiger charge is 2.27. The van der Waals surface area contributed by atoms with Gasteiger partial charge in [-0.05, 0) is 18.9 Å².